The van der Waals surface area contributed by atoms with E-state index < -0.39 is 5.97 Å². The molecule has 1 saturated heterocycles. The largest absolute Gasteiger partial charge is 0.481 e. The molecule has 3 rings (SSSR count). The van der Waals surface area contributed by atoms with Gasteiger partial charge in [-0.1, -0.05) is 6.07 Å². The molecule has 104 valence electrons. The highest BCUT2D eigenvalue weighted by Gasteiger charge is 2.26. The van der Waals surface area contributed by atoms with Crippen molar-refractivity contribution in [1.82, 2.24) is 10.2 Å². The van der Waals surface area contributed by atoms with Gasteiger partial charge < -0.3 is 10.0 Å². The van der Waals surface area contributed by atoms with Crippen molar-refractivity contribution >= 4 is 23.1 Å². The van der Waals surface area contributed by atoms with Crippen LogP contribution in [0.15, 0.2) is 29.6 Å². The molecule has 0 radical (unpaired) electrons. The molecule has 1 fully saturated rings. The van der Waals surface area contributed by atoms with Crippen LogP contribution in [0.3, 0.4) is 0 Å². The number of hydrogen-bond acceptors (Lipinski definition) is 5. The number of carboxylic acid groups (broad SMARTS) is 1. The van der Waals surface area contributed by atoms with Crippen molar-refractivity contribution in [2.45, 2.75) is 12.8 Å². The summed E-state index contributed by atoms with van der Waals surface area (Å²) >= 11 is 1.63. The summed E-state index contributed by atoms with van der Waals surface area (Å²) in [6.45, 7) is 1.36. The van der Waals surface area contributed by atoms with E-state index in [0.29, 0.717) is 6.54 Å². The van der Waals surface area contributed by atoms with Crippen LogP contribution >= 0.6 is 11.3 Å². The Balaban J connectivity index is 1.76. The van der Waals surface area contributed by atoms with E-state index in [-0.39, 0.29) is 5.92 Å². The lowest BCUT2D eigenvalue weighted by Gasteiger charge is -2.31. The molecule has 0 aromatic carbocycles. The van der Waals surface area contributed by atoms with Gasteiger partial charge in [-0.15, -0.1) is 21.5 Å². The molecule has 0 spiro atoms. The molecular weight excluding hydrogens is 274 g/mol. The second-order valence-electron chi connectivity index (χ2n) is 4.88. The summed E-state index contributed by atoms with van der Waals surface area (Å²) in [6.07, 6.45) is 1.62. The average Bonchev–Trinajstić information content (AvgIpc) is 3.02. The van der Waals surface area contributed by atoms with Gasteiger partial charge in [-0.3, -0.25) is 4.79 Å². The van der Waals surface area contributed by atoms with E-state index >= 15 is 0 Å². The van der Waals surface area contributed by atoms with Crippen LogP contribution in [0.4, 0.5) is 5.82 Å². The zero-order valence-corrected chi connectivity index (χ0v) is 11.7. The molecule has 1 aliphatic rings. The second-order valence-corrected chi connectivity index (χ2v) is 5.83. The second kappa shape index (κ2) is 5.58. The third kappa shape index (κ3) is 2.65. The van der Waals surface area contributed by atoms with Gasteiger partial charge in [0.15, 0.2) is 5.82 Å². The quantitative estimate of drug-likeness (QED) is 0.940. The first-order chi connectivity index (χ1) is 9.74. The van der Waals surface area contributed by atoms with Gasteiger partial charge in [-0.05, 0) is 36.4 Å². The summed E-state index contributed by atoms with van der Waals surface area (Å²) < 4.78 is 0. The van der Waals surface area contributed by atoms with Crippen molar-refractivity contribution in [1.29, 1.82) is 0 Å². The Labute approximate surface area is 120 Å². The Bertz CT molecular complexity index is 583. The number of nitrogens with zero attached hydrogens (tertiary/aromatic N) is 3. The predicted octanol–water partition coefficient (Wildman–Crippen LogP) is 2.51. The average molecular weight is 289 g/mol. The van der Waals surface area contributed by atoms with E-state index in [2.05, 4.69) is 10.2 Å². The van der Waals surface area contributed by atoms with Gasteiger partial charge in [0.05, 0.1) is 10.8 Å². The van der Waals surface area contributed by atoms with Gasteiger partial charge in [-0.25, -0.2) is 0 Å². The van der Waals surface area contributed by atoms with Gasteiger partial charge in [0.25, 0.3) is 0 Å². The molecule has 0 amide bonds. The van der Waals surface area contributed by atoms with Gasteiger partial charge in [0, 0.05) is 13.1 Å². The van der Waals surface area contributed by atoms with Crippen molar-refractivity contribution in [3.8, 4) is 10.6 Å². The van der Waals surface area contributed by atoms with Crippen LogP contribution in [-0.2, 0) is 4.79 Å². The molecular formula is C14H15N3O2S. The maximum absolute atomic E-state index is 11.1. The van der Waals surface area contributed by atoms with Crippen molar-refractivity contribution in [3.63, 3.8) is 0 Å². The fourth-order valence-electron chi connectivity index (χ4n) is 2.44. The number of aromatic nitrogens is 2. The van der Waals surface area contributed by atoms with Gasteiger partial charge in [0.1, 0.15) is 5.69 Å². The Morgan fingerprint density at radius 3 is 2.90 bits per heavy atom. The first kappa shape index (κ1) is 13.1. The molecule has 0 unspecified atom stereocenters. The normalized spacial score (nSPS) is 19.0. The maximum atomic E-state index is 11.1. The molecule has 0 saturated carbocycles. The monoisotopic (exact) mass is 289 g/mol. The summed E-state index contributed by atoms with van der Waals surface area (Å²) in [6, 6.07) is 7.86. The molecule has 20 heavy (non-hydrogen) atoms. The van der Waals surface area contributed by atoms with E-state index in [9.17, 15) is 4.79 Å². The fraction of sp³-hybridized carbons (Fsp3) is 0.357. The fourth-order valence-corrected chi connectivity index (χ4v) is 3.13. The van der Waals surface area contributed by atoms with Crippen molar-refractivity contribution in [2.24, 2.45) is 5.92 Å². The first-order valence-electron chi connectivity index (χ1n) is 6.59. The first-order valence-corrected chi connectivity index (χ1v) is 7.47. The van der Waals surface area contributed by atoms with Crippen LogP contribution in [-0.4, -0.2) is 34.4 Å². The lowest BCUT2D eigenvalue weighted by molar-refractivity contribution is -0.141. The van der Waals surface area contributed by atoms with Gasteiger partial charge in [-0.2, -0.15) is 0 Å². The van der Waals surface area contributed by atoms with E-state index in [1.165, 1.54) is 0 Å². The molecule has 1 atom stereocenters. The Morgan fingerprint density at radius 2 is 2.25 bits per heavy atom. The molecule has 0 aliphatic carbocycles. The van der Waals surface area contributed by atoms with E-state index in [1.54, 1.807) is 11.3 Å². The molecule has 1 aliphatic heterocycles. The lowest BCUT2D eigenvalue weighted by atomic mass is 9.98. The Kier molecular flexibility index (Phi) is 3.64. The summed E-state index contributed by atoms with van der Waals surface area (Å²) in [4.78, 5) is 14.2. The smallest absolute Gasteiger partial charge is 0.308 e. The van der Waals surface area contributed by atoms with Crippen LogP contribution < -0.4 is 4.90 Å². The Morgan fingerprint density at radius 1 is 1.35 bits per heavy atom. The topological polar surface area (TPSA) is 66.3 Å². The van der Waals surface area contributed by atoms with E-state index in [4.69, 9.17) is 5.11 Å². The predicted molar refractivity (Wildman–Crippen MR) is 77.9 cm³/mol. The minimum absolute atomic E-state index is 0.303. The molecule has 2 aromatic heterocycles. The summed E-state index contributed by atoms with van der Waals surface area (Å²) in [5.41, 5.74) is 0.857. The molecule has 6 heteroatoms. The van der Waals surface area contributed by atoms with Crippen LogP contribution in [0.5, 0.6) is 0 Å². The lowest BCUT2D eigenvalue weighted by Crippen LogP contribution is -2.39. The number of piperidine rings is 1. The van der Waals surface area contributed by atoms with Crippen LogP contribution in [0.2, 0.25) is 0 Å². The highest BCUT2D eigenvalue weighted by atomic mass is 32.1. The number of thiophene rings is 1. The number of carbonyl (C=O) groups is 1. The SMILES string of the molecule is O=C(O)[C@H]1CCCN(c2ccc(-c3cccs3)nn2)C1. The van der Waals surface area contributed by atoms with Crippen molar-refractivity contribution < 1.29 is 9.90 Å². The van der Waals surface area contributed by atoms with Gasteiger partial charge in [0.2, 0.25) is 0 Å². The summed E-state index contributed by atoms with van der Waals surface area (Å²) in [5.74, 6) is -0.267. The third-order valence-corrected chi connectivity index (χ3v) is 4.41. The molecule has 5 nitrogen and oxygen atoms in total. The number of anilines is 1. The van der Waals surface area contributed by atoms with Crippen LogP contribution in [0.25, 0.3) is 10.6 Å². The highest BCUT2D eigenvalue weighted by Crippen LogP contribution is 2.25. The molecule has 0 bridgehead atoms. The Hall–Kier alpha value is -1.95. The number of carboxylic acids is 1. The summed E-state index contributed by atoms with van der Waals surface area (Å²) in [7, 11) is 0. The van der Waals surface area contributed by atoms with Crippen molar-refractivity contribution in [2.75, 3.05) is 18.0 Å². The maximum Gasteiger partial charge on any atom is 0.308 e. The zero-order chi connectivity index (χ0) is 13.9. The minimum Gasteiger partial charge on any atom is -0.481 e. The third-order valence-electron chi connectivity index (χ3n) is 3.52. The zero-order valence-electron chi connectivity index (χ0n) is 10.9. The molecule has 1 N–H and O–H groups in total. The van der Waals surface area contributed by atoms with Crippen LogP contribution in [0.1, 0.15) is 12.8 Å². The minimum atomic E-state index is -0.724. The summed E-state index contributed by atoms with van der Waals surface area (Å²) in [5, 5.41) is 19.6. The number of hydrogen-bond donors (Lipinski definition) is 1. The number of rotatable bonds is 3. The highest BCUT2D eigenvalue weighted by molar-refractivity contribution is 7.13. The van der Waals surface area contributed by atoms with E-state index in [1.807, 2.05) is 34.5 Å². The molecule has 3 heterocycles. The van der Waals surface area contributed by atoms with Gasteiger partial charge >= 0.3 is 5.97 Å². The molecule has 2 aromatic rings. The van der Waals surface area contributed by atoms with E-state index in [0.717, 1.165) is 35.8 Å². The van der Waals surface area contributed by atoms with Crippen LogP contribution in [0, 0.1) is 5.92 Å². The van der Waals surface area contributed by atoms with Crippen molar-refractivity contribution in [3.05, 3.63) is 29.6 Å². The number of aliphatic carboxylic acids is 1. The standard InChI is InChI=1S/C14H15N3O2S/c18-14(19)10-3-1-7-17(9-10)13-6-5-11(15-16-13)12-4-2-8-20-12/h2,4-6,8,10H,1,3,7,9H2,(H,18,19)/t10-/m0/s1.